The summed E-state index contributed by atoms with van der Waals surface area (Å²) in [4.78, 5) is 41.4. The van der Waals surface area contributed by atoms with Crippen LogP contribution in [0.3, 0.4) is 0 Å². The van der Waals surface area contributed by atoms with Gasteiger partial charge in [0.15, 0.2) is 5.76 Å². The highest BCUT2D eigenvalue weighted by Crippen LogP contribution is 2.31. The Kier molecular flexibility index (Phi) is 6.70. The monoisotopic (exact) mass is 531 g/mol. The molecule has 1 aromatic heterocycles. The Balaban J connectivity index is 1.41. The van der Waals surface area contributed by atoms with Crippen molar-refractivity contribution in [1.82, 2.24) is 24.6 Å². The molecule has 37 heavy (non-hydrogen) atoms. The molecule has 2 aliphatic rings. The van der Waals surface area contributed by atoms with Crippen molar-refractivity contribution >= 4 is 27.9 Å². The molecule has 200 valence electrons. The lowest BCUT2D eigenvalue weighted by atomic mass is 9.84. The zero-order chi connectivity index (χ0) is 27.3. The Morgan fingerprint density at radius 1 is 1.08 bits per heavy atom. The number of carbonyl (C=O) groups excluding carboxylic acids is 3. The van der Waals surface area contributed by atoms with E-state index >= 15 is 0 Å². The van der Waals surface area contributed by atoms with Crippen LogP contribution in [0.2, 0.25) is 0 Å². The van der Waals surface area contributed by atoms with E-state index in [0.29, 0.717) is 5.56 Å². The Bertz CT molecular complexity index is 1320. The van der Waals surface area contributed by atoms with Crippen LogP contribution >= 0.6 is 0 Å². The number of hydrogen-bond acceptors (Lipinski definition) is 7. The fourth-order valence-corrected chi connectivity index (χ4v) is 6.44. The van der Waals surface area contributed by atoms with Gasteiger partial charge in [0.25, 0.3) is 5.91 Å². The van der Waals surface area contributed by atoms with Crippen LogP contribution in [0.5, 0.6) is 0 Å². The van der Waals surface area contributed by atoms with Gasteiger partial charge in [0, 0.05) is 26.2 Å². The summed E-state index contributed by atoms with van der Waals surface area (Å²) >= 11 is 0. The molecule has 0 radical (unpaired) electrons. The van der Waals surface area contributed by atoms with Crippen molar-refractivity contribution in [3.8, 4) is 0 Å². The van der Waals surface area contributed by atoms with Crippen LogP contribution in [-0.4, -0.2) is 78.2 Å². The maximum absolute atomic E-state index is 13.3. The van der Waals surface area contributed by atoms with E-state index in [9.17, 15) is 22.8 Å². The Morgan fingerprint density at radius 3 is 2.19 bits per heavy atom. The number of nitrogens with zero attached hydrogens (tertiary/aromatic N) is 4. The standard InChI is InChI=1S/C25H33N5O6S/c1-16-21(17(2)36-27-16)37(34,35)29-13-11-28(12-14-29)20(31)15-30-22(32)25(6,26-23(30)33)19-9-7-18(8-10-19)24(3,4)5/h7-10H,11-15H2,1-6H3,(H,26,33)/t25-/m0/s1. The fraction of sp³-hybridized carbons (Fsp3) is 0.520. The maximum Gasteiger partial charge on any atom is 0.325 e. The summed E-state index contributed by atoms with van der Waals surface area (Å²) in [5.41, 5.74) is 0.670. The van der Waals surface area contributed by atoms with Gasteiger partial charge >= 0.3 is 6.03 Å². The smallest absolute Gasteiger partial charge is 0.325 e. The zero-order valence-corrected chi connectivity index (χ0v) is 22.8. The molecule has 2 fully saturated rings. The summed E-state index contributed by atoms with van der Waals surface area (Å²) in [6.45, 7) is 11.0. The predicted molar refractivity (Wildman–Crippen MR) is 134 cm³/mol. The van der Waals surface area contributed by atoms with E-state index in [1.54, 1.807) is 13.8 Å². The normalized spacial score (nSPS) is 21.5. The van der Waals surface area contributed by atoms with Crippen LogP contribution in [-0.2, 0) is 30.6 Å². The third kappa shape index (κ3) is 4.75. The second-order valence-electron chi connectivity index (χ2n) is 10.7. The molecule has 1 N–H and O–H groups in total. The summed E-state index contributed by atoms with van der Waals surface area (Å²) in [5.74, 6) is -0.718. The van der Waals surface area contributed by atoms with Crippen LogP contribution < -0.4 is 5.32 Å². The molecule has 2 aromatic rings. The van der Waals surface area contributed by atoms with Gasteiger partial charge in [-0.2, -0.15) is 4.31 Å². The van der Waals surface area contributed by atoms with Gasteiger partial charge in [0.05, 0.1) is 0 Å². The number of carbonyl (C=O) groups is 3. The van der Waals surface area contributed by atoms with Crippen molar-refractivity contribution in [2.45, 2.75) is 57.4 Å². The van der Waals surface area contributed by atoms with Crippen LogP contribution in [0.25, 0.3) is 0 Å². The van der Waals surface area contributed by atoms with Gasteiger partial charge in [-0.1, -0.05) is 50.2 Å². The lowest BCUT2D eigenvalue weighted by molar-refractivity contribution is -0.139. The van der Waals surface area contributed by atoms with Gasteiger partial charge < -0.3 is 14.7 Å². The molecular weight excluding hydrogens is 498 g/mol. The molecular formula is C25H33N5O6S. The molecule has 0 bridgehead atoms. The minimum atomic E-state index is -3.82. The molecule has 1 aromatic carbocycles. The molecule has 4 amide bonds. The molecule has 3 heterocycles. The van der Waals surface area contributed by atoms with E-state index in [-0.39, 0.29) is 47.9 Å². The first kappa shape index (κ1) is 26.8. The number of aromatic nitrogens is 1. The highest BCUT2D eigenvalue weighted by molar-refractivity contribution is 7.89. The number of benzene rings is 1. The largest absolute Gasteiger partial charge is 0.360 e. The summed E-state index contributed by atoms with van der Waals surface area (Å²) in [6.07, 6.45) is 0. The summed E-state index contributed by atoms with van der Waals surface area (Å²) < 4.78 is 32.3. The highest BCUT2D eigenvalue weighted by atomic mass is 32.2. The molecule has 1 atom stereocenters. The van der Waals surface area contributed by atoms with Crippen LogP contribution in [0.1, 0.15) is 50.3 Å². The second-order valence-corrected chi connectivity index (χ2v) is 12.6. The summed E-state index contributed by atoms with van der Waals surface area (Å²) in [6, 6.07) is 6.87. The fourth-order valence-electron chi connectivity index (χ4n) is 4.72. The first-order chi connectivity index (χ1) is 17.2. The van der Waals surface area contributed by atoms with Gasteiger partial charge in [0.1, 0.15) is 22.7 Å². The molecule has 12 heteroatoms. The lowest BCUT2D eigenvalue weighted by Gasteiger charge is -2.34. The van der Waals surface area contributed by atoms with Crippen molar-refractivity contribution < 1.29 is 27.3 Å². The highest BCUT2D eigenvalue weighted by Gasteiger charge is 2.50. The number of rotatable bonds is 5. The van der Waals surface area contributed by atoms with E-state index in [1.165, 1.54) is 16.1 Å². The molecule has 2 aliphatic heterocycles. The molecule has 0 unspecified atom stereocenters. The van der Waals surface area contributed by atoms with E-state index < -0.39 is 40.0 Å². The van der Waals surface area contributed by atoms with Crippen LogP contribution in [0.4, 0.5) is 4.79 Å². The number of aryl methyl sites for hydroxylation is 2. The van der Waals surface area contributed by atoms with Gasteiger partial charge in [-0.05, 0) is 37.3 Å². The molecule has 0 spiro atoms. The minimum absolute atomic E-state index is 0.0430. The average Bonchev–Trinajstić information content (AvgIpc) is 3.29. The van der Waals surface area contributed by atoms with Crippen LogP contribution in [0.15, 0.2) is 33.7 Å². The quantitative estimate of drug-likeness (QED) is 0.583. The Labute approximate surface area is 216 Å². The molecule has 2 saturated heterocycles. The van der Waals surface area contributed by atoms with E-state index in [2.05, 4.69) is 31.2 Å². The maximum atomic E-state index is 13.3. The van der Waals surface area contributed by atoms with Gasteiger partial charge in [-0.25, -0.2) is 13.2 Å². The Hall–Kier alpha value is -3.25. The van der Waals surface area contributed by atoms with Gasteiger partial charge in [-0.3, -0.25) is 14.5 Å². The van der Waals surface area contributed by atoms with Crippen molar-refractivity contribution in [1.29, 1.82) is 0 Å². The zero-order valence-electron chi connectivity index (χ0n) is 22.0. The topological polar surface area (TPSA) is 133 Å². The van der Waals surface area contributed by atoms with Crippen molar-refractivity contribution in [3.63, 3.8) is 0 Å². The molecule has 0 saturated carbocycles. The molecule has 4 rings (SSSR count). The number of sulfonamides is 1. The third-order valence-electron chi connectivity index (χ3n) is 7.05. The van der Waals surface area contributed by atoms with Gasteiger partial charge in [0.2, 0.25) is 15.9 Å². The number of hydrogen-bond donors (Lipinski definition) is 1. The minimum Gasteiger partial charge on any atom is -0.360 e. The number of piperazine rings is 1. The third-order valence-corrected chi connectivity index (χ3v) is 9.20. The van der Waals surface area contributed by atoms with E-state index in [1.807, 2.05) is 24.3 Å². The van der Waals surface area contributed by atoms with Crippen molar-refractivity contribution in [2.24, 2.45) is 0 Å². The number of amides is 4. The van der Waals surface area contributed by atoms with Crippen molar-refractivity contribution in [3.05, 3.63) is 46.8 Å². The van der Waals surface area contributed by atoms with Crippen LogP contribution in [0, 0.1) is 13.8 Å². The lowest BCUT2D eigenvalue weighted by Crippen LogP contribution is -2.53. The number of nitrogens with one attached hydrogen (secondary N) is 1. The second kappa shape index (κ2) is 9.25. The van der Waals surface area contributed by atoms with E-state index in [4.69, 9.17) is 4.52 Å². The first-order valence-electron chi connectivity index (χ1n) is 12.1. The summed E-state index contributed by atoms with van der Waals surface area (Å²) in [5, 5.41) is 6.45. The number of urea groups is 1. The summed E-state index contributed by atoms with van der Waals surface area (Å²) in [7, 11) is -3.82. The Morgan fingerprint density at radius 2 is 1.68 bits per heavy atom. The first-order valence-corrected chi connectivity index (χ1v) is 13.6. The average molecular weight is 532 g/mol. The number of imide groups is 1. The molecule has 11 nitrogen and oxygen atoms in total. The van der Waals surface area contributed by atoms with E-state index in [0.717, 1.165) is 10.5 Å². The molecule has 0 aliphatic carbocycles. The predicted octanol–water partition coefficient (Wildman–Crippen LogP) is 1.89. The van der Waals surface area contributed by atoms with Crippen molar-refractivity contribution in [2.75, 3.05) is 32.7 Å². The SMILES string of the molecule is Cc1noc(C)c1S(=O)(=O)N1CCN(C(=O)CN2C(=O)N[C@@](C)(c3ccc(C(C)(C)C)cc3)C2=O)CC1. The van der Waals surface area contributed by atoms with Gasteiger partial charge in [-0.15, -0.1) is 0 Å².